The first-order valence-corrected chi connectivity index (χ1v) is 7.05. The smallest absolute Gasteiger partial charge is 0.162 e. The van der Waals surface area contributed by atoms with Crippen molar-refractivity contribution in [2.45, 2.75) is 31.1 Å². The molecule has 1 aromatic carbocycles. The van der Waals surface area contributed by atoms with E-state index in [9.17, 15) is 4.79 Å². The number of carbonyl (C=O) groups is 1. The minimum absolute atomic E-state index is 0.333. The van der Waals surface area contributed by atoms with Crippen molar-refractivity contribution >= 4 is 17.5 Å². The molecule has 2 atom stereocenters. The van der Waals surface area contributed by atoms with Crippen LogP contribution in [0.15, 0.2) is 45.7 Å². The second-order valence-corrected chi connectivity index (χ2v) is 6.09. The third-order valence-electron chi connectivity index (χ3n) is 3.88. The first-order chi connectivity index (χ1) is 8.25. The third kappa shape index (κ3) is 1.95. The van der Waals surface area contributed by atoms with E-state index in [0.717, 1.165) is 18.4 Å². The van der Waals surface area contributed by atoms with E-state index in [4.69, 9.17) is 0 Å². The van der Waals surface area contributed by atoms with E-state index < -0.39 is 0 Å². The molecule has 0 aliphatic heterocycles. The fraction of sp³-hybridized carbons (Fsp3) is 0.400. The Morgan fingerprint density at radius 1 is 1.12 bits per heavy atom. The van der Waals surface area contributed by atoms with Crippen molar-refractivity contribution in [1.82, 2.24) is 0 Å². The third-order valence-corrected chi connectivity index (χ3v) is 5.25. The summed E-state index contributed by atoms with van der Waals surface area (Å²) in [5.74, 6) is 1.38. The summed E-state index contributed by atoms with van der Waals surface area (Å²) in [4.78, 5) is 14.7. The molecule has 0 N–H and O–H groups in total. The van der Waals surface area contributed by atoms with Crippen LogP contribution in [0, 0.1) is 11.8 Å². The van der Waals surface area contributed by atoms with Crippen LogP contribution in [0.2, 0.25) is 0 Å². The summed E-state index contributed by atoms with van der Waals surface area (Å²) in [6, 6.07) is 10.4. The second-order valence-electron chi connectivity index (χ2n) is 4.98. The summed E-state index contributed by atoms with van der Waals surface area (Å²) in [6.45, 7) is 2.01. The molecule has 88 valence electrons. The normalized spacial score (nSPS) is 27.7. The number of fused-ring (bicyclic) bond motifs is 2. The van der Waals surface area contributed by atoms with Crippen molar-refractivity contribution < 1.29 is 4.79 Å². The van der Waals surface area contributed by atoms with Gasteiger partial charge in [-0.1, -0.05) is 30.0 Å². The zero-order valence-corrected chi connectivity index (χ0v) is 10.8. The molecule has 2 aliphatic rings. The Morgan fingerprint density at radius 2 is 1.82 bits per heavy atom. The first-order valence-electron chi connectivity index (χ1n) is 6.23. The van der Waals surface area contributed by atoms with Gasteiger partial charge in [0.25, 0.3) is 0 Å². The standard InChI is InChI=1S/C15H16OS/c1-10-14(16)11-7-8-12(9-11)15(10)17-13-5-3-2-4-6-13/h2-6,11-12H,7-9H2,1H3. The van der Waals surface area contributed by atoms with Crippen LogP contribution in [-0.4, -0.2) is 5.78 Å². The summed E-state index contributed by atoms with van der Waals surface area (Å²) in [5, 5.41) is 0. The molecular weight excluding hydrogens is 228 g/mol. The van der Waals surface area contributed by atoms with E-state index in [0.29, 0.717) is 17.6 Å². The minimum Gasteiger partial charge on any atom is -0.294 e. The van der Waals surface area contributed by atoms with Crippen LogP contribution in [0.1, 0.15) is 26.2 Å². The van der Waals surface area contributed by atoms with Gasteiger partial charge in [0.1, 0.15) is 0 Å². The Kier molecular flexibility index (Phi) is 2.83. The molecule has 0 aromatic heterocycles. The lowest BCUT2D eigenvalue weighted by Gasteiger charge is -2.23. The second kappa shape index (κ2) is 4.34. The lowest BCUT2D eigenvalue weighted by molar-refractivity contribution is -0.119. The molecule has 3 rings (SSSR count). The van der Waals surface area contributed by atoms with E-state index in [-0.39, 0.29) is 0 Å². The highest BCUT2D eigenvalue weighted by atomic mass is 32.2. The average Bonchev–Trinajstić information content (AvgIpc) is 2.80. The molecule has 2 aliphatic carbocycles. The predicted molar refractivity (Wildman–Crippen MR) is 70.8 cm³/mol. The molecule has 0 spiro atoms. The highest BCUT2D eigenvalue weighted by Crippen LogP contribution is 2.49. The van der Waals surface area contributed by atoms with Gasteiger partial charge in [0.15, 0.2) is 5.78 Å². The maximum Gasteiger partial charge on any atom is 0.162 e. The van der Waals surface area contributed by atoms with Crippen LogP contribution in [0.4, 0.5) is 0 Å². The van der Waals surface area contributed by atoms with Gasteiger partial charge in [-0.05, 0) is 49.1 Å². The summed E-state index contributed by atoms with van der Waals surface area (Å²) in [5.41, 5.74) is 1.03. The number of rotatable bonds is 2. The van der Waals surface area contributed by atoms with Crippen LogP contribution in [0.5, 0.6) is 0 Å². The molecule has 1 saturated carbocycles. The molecule has 0 saturated heterocycles. The van der Waals surface area contributed by atoms with E-state index in [1.165, 1.54) is 16.2 Å². The lowest BCUT2D eigenvalue weighted by atomic mass is 9.89. The van der Waals surface area contributed by atoms with E-state index in [2.05, 4.69) is 24.3 Å². The molecular formula is C15H16OS. The highest BCUT2D eigenvalue weighted by Gasteiger charge is 2.38. The molecule has 0 amide bonds. The number of hydrogen-bond acceptors (Lipinski definition) is 2. The van der Waals surface area contributed by atoms with Crippen LogP contribution in [0.3, 0.4) is 0 Å². The Bertz CT molecular complexity index is 475. The van der Waals surface area contributed by atoms with Gasteiger partial charge in [-0.2, -0.15) is 0 Å². The first kappa shape index (κ1) is 11.1. The summed E-state index contributed by atoms with van der Waals surface area (Å²) in [6.07, 6.45) is 3.38. The van der Waals surface area contributed by atoms with Crippen LogP contribution in [0.25, 0.3) is 0 Å². The van der Waals surface area contributed by atoms with E-state index >= 15 is 0 Å². The van der Waals surface area contributed by atoms with Crippen LogP contribution < -0.4 is 0 Å². The Labute approximate surface area is 106 Å². The van der Waals surface area contributed by atoms with Crippen molar-refractivity contribution in [2.24, 2.45) is 11.8 Å². The van der Waals surface area contributed by atoms with Gasteiger partial charge in [0.05, 0.1) is 0 Å². The van der Waals surface area contributed by atoms with E-state index in [1.54, 1.807) is 11.8 Å². The maximum atomic E-state index is 12.1. The Balaban J connectivity index is 1.91. The molecule has 0 radical (unpaired) electrons. The van der Waals surface area contributed by atoms with Crippen molar-refractivity contribution in [3.05, 3.63) is 40.8 Å². The summed E-state index contributed by atoms with van der Waals surface area (Å²) >= 11 is 1.79. The zero-order chi connectivity index (χ0) is 11.8. The number of hydrogen-bond donors (Lipinski definition) is 0. The minimum atomic E-state index is 0.333. The highest BCUT2D eigenvalue weighted by molar-refractivity contribution is 8.03. The average molecular weight is 244 g/mol. The van der Waals surface area contributed by atoms with Gasteiger partial charge in [0.2, 0.25) is 0 Å². The molecule has 2 unspecified atom stereocenters. The van der Waals surface area contributed by atoms with Gasteiger partial charge in [-0.15, -0.1) is 0 Å². The van der Waals surface area contributed by atoms with Crippen molar-refractivity contribution in [3.8, 4) is 0 Å². The molecule has 1 aromatic rings. The van der Waals surface area contributed by atoms with Crippen molar-refractivity contribution in [2.75, 3.05) is 0 Å². The predicted octanol–water partition coefficient (Wildman–Crippen LogP) is 4.05. The molecule has 1 nitrogen and oxygen atoms in total. The Hall–Kier alpha value is -1.02. The number of allylic oxidation sites excluding steroid dienone is 2. The quantitative estimate of drug-likeness (QED) is 0.780. The van der Waals surface area contributed by atoms with E-state index in [1.807, 2.05) is 13.0 Å². The van der Waals surface area contributed by atoms with Crippen LogP contribution in [-0.2, 0) is 4.79 Å². The lowest BCUT2D eigenvalue weighted by Crippen LogP contribution is -2.19. The number of Topliss-reactive ketones (excluding diaryl/α,β-unsaturated/α-hetero) is 1. The topological polar surface area (TPSA) is 17.1 Å². The Morgan fingerprint density at radius 3 is 2.59 bits per heavy atom. The monoisotopic (exact) mass is 244 g/mol. The van der Waals surface area contributed by atoms with Gasteiger partial charge < -0.3 is 0 Å². The number of ketones is 1. The van der Waals surface area contributed by atoms with Gasteiger partial charge in [-0.3, -0.25) is 4.79 Å². The summed E-state index contributed by atoms with van der Waals surface area (Å²) < 4.78 is 0. The van der Waals surface area contributed by atoms with Gasteiger partial charge in [-0.25, -0.2) is 0 Å². The molecule has 1 fully saturated rings. The van der Waals surface area contributed by atoms with Crippen LogP contribution >= 0.6 is 11.8 Å². The van der Waals surface area contributed by atoms with Gasteiger partial charge in [0, 0.05) is 16.4 Å². The van der Waals surface area contributed by atoms with Crippen molar-refractivity contribution in [3.63, 3.8) is 0 Å². The van der Waals surface area contributed by atoms with Crippen molar-refractivity contribution in [1.29, 1.82) is 0 Å². The zero-order valence-electron chi connectivity index (χ0n) is 9.98. The number of carbonyl (C=O) groups excluding carboxylic acids is 1. The van der Waals surface area contributed by atoms with Gasteiger partial charge >= 0.3 is 0 Å². The fourth-order valence-corrected chi connectivity index (χ4v) is 4.15. The molecule has 2 heteroatoms. The number of thioether (sulfide) groups is 1. The molecule has 2 bridgehead atoms. The summed E-state index contributed by atoms with van der Waals surface area (Å²) in [7, 11) is 0. The SMILES string of the molecule is CC1=C(Sc2ccccc2)C2CCC(C2)C1=O. The number of benzene rings is 1. The molecule has 17 heavy (non-hydrogen) atoms. The fourth-order valence-electron chi connectivity index (χ4n) is 2.97. The largest absolute Gasteiger partial charge is 0.294 e. The maximum absolute atomic E-state index is 12.1. The molecule has 0 heterocycles.